The van der Waals surface area contributed by atoms with Crippen molar-refractivity contribution in [1.29, 1.82) is 0 Å². The van der Waals surface area contributed by atoms with Crippen LogP contribution < -0.4 is 4.90 Å². The van der Waals surface area contributed by atoms with E-state index in [1.165, 1.54) is 4.90 Å². The van der Waals surface area contributed by atoms with Crippen molar-refractivity contribution < 1.29 is 19.1 Å². The van der Waals surface area contributed by atoms with Gasteiger partial charge in [-0.1, -0.05) is 18.6 Å². The average Bonchev–Trinajstić information content (AvgIpc) is 2.72. The molecule has 0 radical (unpaired) electrons. The smallest absolute Gasteiger partial charge is 0.305 e. The molecule has 0 N–H and O–H groups in total. The van der Waals surface area contributed by atoms with Crippen LogP contribution in [0.4, 0.5) is 5.69 Å². The molecule has 0 saturated carbocycles. The van der Waals surface area contributed by atoms with Crippen LogP contribution in [0, 0.1) is 0 Å². The van der Waals surface area contributed by atoms with Crippen molar-refractivity contribution >= 4 is 23.3 Å². The van der Waals surface area contributed by atoms with E-state index in [9.17, 15) is 14.4 Å². The van der Waals surface area contributed by atoms with E-state index < -0.39 is 11.7 Å². The highest BCUT2D eigenvalue weighted by Gasteiger charge is 2.34. The van der Waals surface area contributed by atoms with Gasteiger partial charge in [0.25, 0.3) is 11.7 Å². The van der Waals surface area contributed by atoms with Crippen molar-refractivity contribution in [2.24, 2.45) is 0 Å². The molecule has 112 valence electrons. The van der Waals surface area contributed by atoms with Gasteiger partial charge in [-0.05, 0) is 31.9 Å². The molecule has 1 aromatic rings. The molecular formula is C16H19NO4. The van der Waals surface area contributed by atoms with E-state index in [0.29, 0.717) is 30.8 Å². The fraction of sp³-hybridized carbons (Fsp3) is 0.438. The van der Waals surface area contributed by atoms with Crippen molar-refractivity contribution in [3.63, 3.8) is 0 Å². The average molecular weight is 289 g/mol. The van der Waals surface area contributed by atoms with Crippen LogP contribution in [0.25, 0.3) is 0 Å². The predicted molar refractivity (Wildman–Crippen MR) is 78.2 cm³/mol. The second kappa shape index (κ2) is 7.02. The van der Waals surface area contributed by atoms with Gasteiger partial charge in [-0.15, -0.1) is 0 Å². The van der Waals surface area contributed by atoms with Crippen LogP contribution in [0.2, 0.25) is 0 Å². The fourth-order valence-corrected chi connectivity index (χ4v) is 2.42. The summed E-state index contributed by atoms with van der Waals surface area (Å²) in [5, 5.41) is 0. The van der Waals surface area contributed by atoms with Crippen molar-refractivity contribution in [2.45, 2.75) is 32.6 Å². The van der Waals surface area contributed by atoms with E-state index >= 15 is 0 Å². The zero-order chi connectivity index (χ0) is 15.2. The van der Waals surface area contributed by atoms with Gasteiger partial charge >= 0.3 is 5.97 Å². The predicted octanol–water partition coefficient (Wildman–Crippen LogP) is 2.34. The summed E-state index contributed by atoms with van der Waals surface area (Å²) in [6.07, 6.45) is 2.71. The number of esters is 1. The number of rotatable bonds is 7. The molecule has 0 aliphatic carbocycles. The minimum Gasteiger partial charge on any atom is -0.466 e. The van der Waals surface area contributed by atoms with E-state index in [1.54, 1.807) is 25.1 Å². The Bertz CT molecular complexity index is 553. The van der Waals surface area contributed by atoms with Crippen LogP contribution in [0.15, 0.2) is 24.3 Å². The molecule has 0 fully saturated rings. The SMILES string of the molecule is CCOC(=O)CCCCCN1C(=O)C(=O)c2ccccc21. The molecule has 5 heteroatoms. The number of nitrogens with zero attached hydrogens (tertiary/aromatic N) is 1. The number of unbranched alkanes of at least 4 members (excludes halogenated alkanes) is 2. The van der Waals surface area contributed by atoms with Gasteiger partial charge in [0.05, 0.1) is 17.9 Å². The molecule has 1 aliphatic heterocycles. The Morgan fingerprint density at radius 2 is 1.90 bits per heavy atom. The highest BCUT2D eigenvalue weighted by atomic mass is 16.5. The Morgan fingerprint density at radius 1 is 1.14 bits per heavy atom. The molecule has 0 spiro atoms. The molecule has 21 heavy (non-hydrogen) atoms. The first kappa shape index (κ1) is 15.2. The zero-order valence-corrected chi connectivity index (χ0v) is 12.1. The van der Waals surface area contributed by atoms with Crippen LogP contribution in [-0.4, -0.2) is 30.8 Å². The number of ketones is 1. The number of benzene rings is 1. The lowest BCUT2D eigenvalue weighted by Gasteiger charge is -2.16. The summed E-state index contributed by atoms with van der Waals surface area (Å²) < 4.78 is 4.85. The quantitative estimate of drug-likeness (QED) is 0.439. The Morgan fingerprint density at radius 3 is 2.67 bits per heavy atom. The summed E-state index contributed by atoms with van der Waals surface area (Å²) in [5.74, 6) is -1.08. The van der Waals surface area contributed by atoms with Crippen molar-refractivity contribution in [2.75, 3.05) is 18.1 Å². The number of fused-ring (bicyclic) bond motifs is 1. The number of carbonyl (C=O) groups excluding carboxylic acids is 3. The number of ether oxygens (including phenoxy) is 1. The molecule has 5 nitrogen and oxygen atoms in total. The molecule has 1 amide bonds. The number of anilines is 1. The molecule has 1 aliphatic rings. The standard InChI is InChI=1S/C16H19NO4/c1-2-21-14(18)10-4-3-7-11-17-13-9-6-5-8-12(13)15(19)16(17)20/h5-6,8-9H,2-4,7,10-11H2,1H3. The van der Waals surface area contributed by atoms with Crippen LogP contribution in [0.1, 0.15) is 43.0 Å². The van der Waals surface area contributed by atoms with Gasteiger partial charge in [0.2, 0.25) is 0 Å². The maximum atomic E-state index is 11.9. The minimum atomic E-state index is -0.457. The third-order valence-corrected chi connectivity index (χ3v) is 3.45. The normalized spacial score (nSPS) is 13.5. The molecular weight excluding hydrogens is 270 g/mol. The fourth-order valence-electron chi connectivity index (χ4n) is 2.42. The first-order chi connectivity index (χ1) is 10.1. The molecule has 1 heterocycles. The lowest BCUT2D eigenvalue weighted by atomic mass is 10.1. The molecule has 0 atom stereocenters. The van der Waals surface area contributed by atoms with E-state index in [4.69, 9.17) is 4.74 Å². The van der Waals surface area contributed by atoms with Crippen molar-refractivity contribution in [3.05, 3.63) is 29.8 Å². The number of para-hydroxylation sites is 1. The van der Waals surface area contributed by atoms with Crippen LogP contribution in [-0.2, 0) is 14.3 Å². The molecule has 0 bridgehead atoms. The zero-order valence-electron chi connectivity index (χ0n) is 12.1. The van der Waals surface area contributed by atoms with Gasteiger partial charge in [-0.2, -0.15) is 0 Å². The molecule has 0 aromatic heterocycles. The van der Waals surface area contributed by atoms with Gasteiger partial charge in [-0.3, -0.25) is 14.4 Å². The number of Topliss-reactive ketones (excluding diaryl/α,β-unsaturated/α-hetero) is 1. The second-order valence-electron chi connectivity index (χ2n) is 4.92. The van der Waals surface area contributed by atoms with E-state index in [2.05, 4.69) is 0 Å². The number of amides is 1. The first-order valence-electron chi connectivity index (χ1n) is 7.26. The van der Waals surface area contributed by atoms with Crippen LogP contribution in [0.3, 0.4) is 0 Å². The molecule has 0 unspecified atom stereocenters. The molecule has 1 aromatic carbocycles. The lowest BCUT2D eigenvalue weighted by molar-refractivity contribution is -0.143. The first-order valence-corrected chi connectivity index (χ1v) is 7.26. The molecule has 2 rings (SSSR count). The van der Waals surface area contributed by atoms with E-state index in [1.807, 2.05) is 6.07 Å². The van der Waals surface area contributed by atoms with Crippen LogP contribution >= 0.6 is 0 Å². The summed E-state index contributed by atoms with van der Waals surface area (Å²) in [4.78, 5) is 36.4. The van der Waals surface area contributed by atoms with E-state index in [-0.39, 0.29) is 5.97 Å². The van der Waals surface area contributed by atoms with E-state index in [0.717, 1.165) is 19.3 Å². The Labute approximate surface area is 123 Å². The third kappa shape index (κ3) is 3.48. The van der Waals surface area contributed by atoms with Crippen molar-refractivity contribution in [3.8, 4) is 0 Å². The Kier molecular flexibility index (Phi) is 5.09. The van der Waals surface area contributed by atoms with Gasteiger partial charge in [-0.25, -0.2) is 0 Å². The number of hydrogen-bond donors (Lipinski definition) is 0. The third-order valence-electron chi connectivity index (χ3n) is 3.45. The Balaban J connectivity index is 1.80. The summed E-state index contributed by atoms with van der Waals surface area (Å²) in [7, 11) is 0. The topological polar surface area (TPSA) is 63.7 Å². The highest BCUT2D eigenvalue weighted by molar-refractivity contribution is 6.52. The summed E-state index contributed by atoms with van der Waals surface area (Å²) in [6, 6.07) is 7.04. The van der Waals surface area contributed by atoms with Crippen molar-refractivity contribution in [1.82, 2.24) is 0 Å². The minimum absolute atomic E-state index is 0.185. The lowest BCUT2D eigenvalue weighted by Crippen LogP contribution is -2.30. The molecule has 0 saturated heterocycles. The Hall–Kier alpha value is -2.17. The maximum absolute atomic E-state index is 11.9. The maximum Gasteiger partial charge on any atom is 0.305 e. The number of hydrogen-bond acceptors (Lipinski definition) is 4. The summed E-state index contributed by atoms with van der Waals surface area (Å²) in [6.45, 7) is 2.69. The van der Waals surface area contributed by atoms with Gasteiger partial charge in [0.15, 0.2) is 0 Å². The largest absolute Gasteiger partial charge is 0.466 e. The summed E-state index contributed by atoms with van der Waals surface area (Å²) >= 11 is 0. The highest BCUT2D eigenvalue weighted by Crippen LogP contribution is 2.28. The van der Waals surface area contributed by atoms with Gasteiger partial charge < -0.3 is 9.64 Å². The number of carbonyl (C=O) groups is 3. The van der Waals surface area contributed by atoms with Gasteiger partial charge in [0, 0.05) is 13.0 Å². The summed E-state index contributed by atoms with van der Waals surface area (Å²) in [5.41, 5.74) is 1.17. The second-order valence-corrected chi connectivity index (χ2v) is 4.92. The van der Waals surface area contributed by atoms with Gasteiger partial charge in [0.1, 0.15) is 0 Å². The van der Waals surface area contributed by atoms with Crippen LogP contribution in [0.5, 0.6) is 0 Å². The monoisotopic (exact) mass is 289 g/mol.